The number of aromatic nitrogens is 1. The van der Waals surface area contributed by atoms with Gasteiger partial charge < -0.3 is 10.0 Å². The van der Waals surface area contributed by atoms with Crippen LogP contribution < -0.4 is 4.90 Å². The quantitative estimate of drug-likeness (QED) is 0.917. The molecule has 1 N–H and O–H groups in total. The monoisotopic (exact) mass is 260 g/mol. The minimum atomic E-state index is -1.03. The first-order chi connectivity index (χ1) is 9.08. The summed E-state index contributed by atoms with van der Waals surface area (Å²) in [5.41, 5.74) is 0.880. The van der Waals surface area contributed by atoms with Gasteiger partial charge in [0, 0.05) is 19.8 Å². The second-order valence-electron chi connectivity index (χ2n) is 4.17. The molecule has 0 saturated carbocycles. The van der Waals surface area contributed by atoms with Crippen LogP contribution in [-0.4, -0.2) is 23.1 Å². The SMILES string of the molecule is CN(Cc1cccc(F)c1)c1ncccc1C(=O)O. The first kappa shape index (κ1) is 13.0. The molecule has 0 amide bonds. The third kappa shape index (κ3) is 3.07. The van der Waals surface area contributed by atoms with Crippen LogP contribution in [0.4, 0.5) is 10.2 Å². The number of halogens is 1. The van der Waals surface area contributed by atoms with Crippen molar-refractivity contribution in [2.45, 2.75) is 6.54 Å². The summed E-state index contributed by atoms with van der Waals surface area (Å²) in [6.45, 7) is 0.384. The van der Waals surface area contributed by atoms with Crippen molar-refractivity contribution in [1.82, 2.24) is 4.98 Å². The first-order valence-corrected chi connectivity index (χ1v) is 5.72. The maximum Gasteiger partial charge on any atom is 0.339 e. The normalized spacial score (nSPS) is 10.2. The lowest BCUT2D eigenvalue weighted by molar-refractivity contribution is 0.0697. The Morgan fingerprint density at radius 1 is 1.37 bits per heavy atom. The molecule has 0 atom stereocenters. The van der Waals surface area contributed by atoms with E-state index in [9.17, 15) is 9.18 Å². The van der Waals surface area contributed by atoms with Gasteiger partial charge in [0.2, 0.25) is 0 Å². The van der Waals surface area contributed by atoms with Crippen LogP contribution in [-0.2, 0) is 6.54 Å². The number of carbonyl (C=O) groups is 1. The maximum absolute atomic E-state index is 13.1. The Bertz CT molecular complexity index is 602. The van der Waals surface area contributed by atoms with Crippen molar-refractivity contribution < 1.29 is 14.3 Å². The smallest absolute Gasteiger partial charge is 0.339 e. The molecule has 2 rings (SSSR count). The number of hydrogen-bond donors (Lipinski definition) is 1. The van der Waals surface area contributed by atoms with Gasteiger partial charge in [-0.25, -0.2) is 14.2 Å². The van der Waals surface area contributed by atoms with Gasteiger partial charge in [0.1, 0.15) is 17.2 Å². The van der Waals surface area contributed by atoms with Crippen LogP contribution in [0.2, 0.25) is 0 Å². The molecule has 2 aromatic rings. The van der Waals surface area contributed by atoms with Crippen molar-refractivity contribution >= 4 is 11.8 Å². The van der Waals surface area contributed by atoms with Crippen molar-refractivity contribution in [3.8, 4) is 0 Å². The molecule has 1 aromatic carbocycles. The summed E-state index contributed by atoms with van der Waals surface area (Å²) in [4.78, 5) is 16.9. The third-order valence-electron chi connectivity index (χ3n) is 2.69. The maximum atomic E-state index is 13.1. The molecule has 0 aliphatic heterocycles. The molecule has 0 bridgehead atoms. The van der Waals surface area contributed by atoms with Gasteiger partial charge in [0.25, 0.3) is 0 Å². The minimum Gasteiger partial charge on any atom is -0.478 e. The Hall–Kier alpha value is -2.43. The molecule has 5 heteroatoms. The molecule has 0 saturated heterocycles. The standard InChI is InChI=1S/C14H13FN2O2/c1-17(9-10-4-2-5-11(15)8-10)13-12(14(18)19)6-3-7-16-13/h2-8H,9H2,1H3,(H,18,19). The lowest BCUT2D eigenvalue weighted by Gasteiger charge is -2.19. The van der Waals surface area contributed by atoms with Gasteiger partial charge in [0.15, 0.2) is 0 Å². The number of benzene rings is 1. The van der Waals surface area contributed by atoms with Crippen molar-refractivity contribution in [2.75, 3.05) is 11.9 Å². The topological polar surface area (TPSA) is 53.4 Å². The Labute approximate surface area is 110 Å². The molecular formula is C14H13FN2O2. The zero-order valence-electron chi connectivity index (χ0n) is 10.4. The zero-order chi connectivity index (χ0) is 13.8. The molecule has 98 valence electrons. The summed E-state index contributed by atoms with van der Waals surface area (Å²) in [6.07, 6.45) is 1.53. The van der Waals surface area contributed by atoms with Gasteiger partial charge in [0.05, 0.1) is 0 Å². The van der Waals surface area contributed by atoms with Crippen LogP contribution in [0.3, 0.4) is 0 Å². The summed E-state index contributed by atoms with van der Waals surface area (Å²) in [5.74, 6) is -0.987. The molecule has 0 aliphatic carbocycles. The predicted molar refractivity (Wildman–Crippen MR) is 69.7 cm³/mol. The molecular weight excluding hydrogens is 247 g/mol. The fourth-order valence-corrected chi connectivity index (χ4v) is 1.85. The average molecular weight is 260 g/mol. The highest BCUT2D eigenvalue weighted by Gasteiger charge is 2.14. The van der Waals surface area contributed by atoms with Gasteiger partial charge in [-0.15, -0.1) is 0 Å². The van der Waals surface area contributed by atoms with E-state index in [-0.39, 0.29) is 11.4 Å². The summed E-state index contributed by atoms with van der Waals surface area (Å²) in [5, 5.41) is 9.10. The van der Waals surface area contributed by atoms with E-state index in [1.54, 1.807) is 30.1 Å². The molecule has 0 spiro atoms. The molecule has 1 aromatic heterocycles. The first-order valence-electron chi connectivity index (χ1n) is 5.72. The van der Waals surface area contributed by atoms with Crippen LogP contribution in [0.15, 0.2) is 42.6 Å². The number of anilines is 1. The molecule has 1 heterocycles. The Kier molecular flexibility index (Phi) is 3.75. The van der Waals surface area contributed by atoms with E-state index < -0.39 is 5.97 Å². The molecule has 0 aliphatic rings. The molecule has 4 nitrogen and oxygen atoms in total. The highest BCUT2D eigenvalue weighted by atomic mass is 19.1. The lowest BCUT2D eigenvalue weighted by Crippen LogP contribution is -2.20. The number of hydrogen-bond acceptors (Lipinski definition) is 3. The third-order valence-corrected chi connectivity index (χ3v) is 2.69. The Morgan fingerprint density at radius 2 is 2.16 bits per heavy atom. The van der Waals surface area contributed by atoms with E-state index in [0.717, 1.165) is 5.56 Å². The molecule has 19 heavy (non-hydrogen) atoms. The number of carboxylic acid groups (broad SMARTS) is 1. The fraction of sp³-hybridized carbons (Fsp3) is 0.143. The van der Waals surface area contributed by atoms with Crippen LogP contribution in [0, 0.1) is 5.82 Å². The van der Waals surface area contributed by atoms with Gasteiger partial charge >= 0.3 is 5.97 Å². The second-order valence-corrected chi connectivity index (χ2v) is 4.17. The van der Waals surface area contributed by atoms with Gasteiger partial charge in [-0.2, -0.15) is 0 Å². The number of carboxylic acids is 1. The van der Waals surface area contributed by atoms with Gasteiger partial charge in [-0.05, 0) is 29.8 Å². The lowest BCUT2D eigenvalue weighted by atomic mass is 10.2. The number of pyridine rings is 1. The highest BCUT2D eigenvalue weighted by molar-refractivity contribution is 5.93. The molecule has 0 radical (unpaired) electrons. The van der Waals surface area contributed by atoms with E-state index >= 15 is 0 Å². The molecule has 0 unspecified atom stereocenters. The highest BCUT2D eigenvalue weighted by Crippen LogP contribution is 2.18. The summed E-state index contributed by atoms with van der Waals surface area (Å²) in [6, 6.07) is 9.25. The van der Waals surface area contributed by atoms with Gasteiger partial charge in [-0.3, -0.25) is 0 Å². The summed E-state index contributed by atoms with van der Waals surface area (Å²) < 4.78 is 13.1. The number of nitrogens with zero attached hydrogens (tertiary/aromatic N) is 2. The summed E-state index contributed by atoms with van der Waals surface area (Å²) >= 11 is 0. The van der Waals surface area contributed by atoms with Crippen molar-refractivity contribution in [2.24, 2.45) is 0 Å². The Morgan fingerprint density at radius 3 is 2.84 bits per heavy atom. The van der Waals surface area contributed by atoms with E-state index in [2.05, 4.69) is 4.98 Å². The number of aromatic carboxylic acids is 1. The second kappa shape index (κ2) is 5.48. The van der Waals surface area contributed by atoms with Crippen LogP contribution in [0.5, 0.6) is 0 Å². The van der Waals surface area contributed by atoms with E-state index in [0.29, 0.717) is 12.4 Å². The largest absolute Gasteiger partial charge is 0.478 e. The van der Waals surface area contributed by atoms with Crippen molar-refractivity contribution in [3.05, 3.63) is 59.5 Å². The van der Waals surface area contributed by atoms with Crippen LogP contribution >= 0.6 is 0 Å². The number of rotatable bonds is 4. The average Bonchev–Trinajstić information content (AvgIpc) is 2.38. The minimum absolute atomic E-state index is 0.126. The van der Waals surface area contributed by atoms with E-state index in [1.807, 2.05) is 0 Å². The van der Waals surface area contributed by atoms with Crippen LogP contribution in [0.25, 0.3) is 0 Å². The zero-order valence-corrected chi connectivity index (χ0v) is 10.4. The van der Waals surface area contributed by atoms with Crippen LogP contribution in [0.1, 0.15) is 15.9 Å². The van der Waals surface area contributed by atoms with E-state index in [4.69, 9.17) is 5.11 Å². The summed E-state index contributed by atoms with van der Waals surface area (Å²) in [7, 11) is 1.72. The van der Waals surface area contributed by atoms with Crippen molar-refractivity contribution in [3.63, 3.8) is 0 Å². The van der Waals surface area contributed by atoms with Gasteiger partial charge in [-0.1, -0.05) is 12.1 Å². The fourth-order valence-electron chi connectivity index (χ4n) is 1.85. The predicted octanol–water partition coefficient (Wildman–Crippen LogP) is 2.56. The van der Waals surface area contributed by atoms with Crippen molar-refractivity contribution in [1.29, 1.82) is 0 Å². The van der Waals surface area contributed by atoms with E-state index in [1.165, 1.54) is 24.4 Å². The Balaban J connectivity index is 2.25. The molecule has 0 fully saturated rings.